The van der Waals surface area contributed by atoms with E-state index in [0.717, 1.165) is 4.68 Å². The van der Waals surface area contributed by atoms with Crippen molar-refractivity contribution in [2.75, 3.05) is 26.2 Å². The van der Waals surface area contributed by atoms with E-state index in [0.29, 0.717) is 42.6 Å². The molecule has 1 saturated heterocycles. The van der Waals surface area contributed by atoms with Gasteiger partial charge in [-0.3, -0.25) is 14.4 Å². The van der Waals surface area contributed by atoms with Crippen molar-refractivity contribution in [3.8, 4) is 0 Å². The van der Waals surface area contributed by atoms with Gasteiger partial charge < -0.3 is 9.80 Å². The molecule has 1 aliphatic heterocycles. The van der Waals surface area contributed by atoms with Crippen LogP contribution in [0.15, 0.2) is 59.4 Å². The van der Waals surface area contributed by atoms with E-state index in [1.807, 2.05) is 18.2 Å². The standard InChI is InChI=1S/C20H19N5O3/c26-18(14-25-20(28)16-8-4-5-9-17(16)21-22-25)23-10-12-24(13-11-23)19(27)15-6-2-1-3-7-15/h1-9H,10-14H2. The highest BCUT2D eigenvalue weighted by atomic mass is 16.2. The molecule has 0 bridgehead atoms. The van der Waals surface area contributed by atoms with Crippen LogP contribution in [0.3, 0.4) is 0 Å². The van der Waals surface area contributed by atoms with E-state index in [2.05, 4.69) is 10.3 Å². The van der Waals surface area contributed by atoms with Gasteiger partial charge in [0.25, 0.3) is 11.5 Å². The molecule has 142 valence electrons. The zero-order valence-electron chi connectivity index (χ0n) is 15.2. The van der Waals surface area contributed by atoms with Gasteiger partial charge in [0, 0.05) is 31.7 Å². The Labute approximate surface area is 161 Å². The van der Waals surface area contributed by atoms with Gasteiger partial charge in [0.05, 0.1) is 5.39 Å². The molecule has 2 heterocycles. The molecule has 4 rings (SSSR count). The second kappa shape index (κ2) is 7.59. The average molecular weight is 377 g/mol. The van der Waals surface area contributed by atoms with Gasteiger partial charge in [-0.05, 0) is 24.3 Å². The van der Waals surface area contributed by atoms with Crippen molar-refractivity contribution in [3.63, 3.8) is 0 Å². The maximum Gasteiger partial charge on any atom is 0.278 e. The number of hydrogen-bond acceptors (Lipinski definition) is 5. The summed E-state index contributed by atoms with van der Waals surface area (Å²) in [6.07, 6.45) is 0. The third kappa shape index (κ3) is 3.48. The van der Waals surface area contributed by atoms with E-state index in [-0.39, 0.29) is 23.9 Å². The van der Waals surface area contributed by atoms with Crippen LogP contribution in [0.4, 0.5) is 0 Å². The van der Waals surface area contributed by atoms with Crippen molar-refractivity contribution in [1.29, 1.82) is 0 Å². The molecule has 2 amide bonds. The molecule has 0 radical (unpaired) electrons. The molecule has 8 nitrogen and oxygen atoms in total. The lowest BCUT2D eigenvalue weighted by atomic mass is 10.2. The summed E-state index contributed by atoms with van der Waals surface area (Å²) in [7, 11) is 0. The van der Waals surface area contributed by atoms with Gasteiger partial charge in [-0.1, -0.05) is 35.5 Å². The minimum atomic E-state index is -0.336. The van der Waals surface area contributed by atoms with Gasteiger partial charge in [-0.2, -0.15) is 0 Å². The Kier molecular flexibility index (Phi) is 4.84. The SMILES string of the molecule is O=C(Cn1nnc2ccccc2c1=O)N1CCN(C(=O)c2ccccc2)CC1. The molecule has 0 N–H and O–H groups in total. The molecule has 8 heteroatoms. The van der Waals surface area contributed by atoms with Crippen LogP contribution in [-0.2, 0) is 11.3 Å². The van der Waals surface area contributed by atoms with Crippen molar-refractivity contribution in [3.05, 3.63) is 70.5 Å². The Bertz CT molecular complexity index is 1070. The Morgan fingerprint density at radius 1 is 0.857 bits per heavy atom. The molecular weight excluding hydrogens is 358 g/mol. The Balaban J connectivity index is 1.40. The van der Waals surface area contributed by atoms with Crippen molar-refractivity contribution in [1.82, 2.24) is 24.8 Å². The Morgan fingerprint density at radius 3 is 2.25 bits per heavy atom. The van der Waals surface area contributed by atoms with E-state index in [1.165, 1.54) is 0 Å². The van der Waals surface area contributed by atoms with E-state index in [9.17, 15) is 14.4 Å². The summed E-state index contributed by atoms with van der Waals surface area (Å²) in [6.45, 7) is 1.60. The predicted molar refractivity (Wildman–Crippen MR) is 103 cm³/mol. The summed E-state index contributed by atoms with van der Waals surface area (Å²) in [5, 5.41) is 8.30. The van der Waals surface area contributed by atoms with Crippen LogP contribution in [0.2, 0.25) is 0 Å². The summed E-state index contributed by atoms with van der Waals surface area (Å²) in [5.41, 5.74) is 0.807. The van der Waals surface area contributed by atoms with Crippen LogP contribution in [-0.4, -0.2) is 62.8 Å². The van der Waals surface area contributed by atoms with Crippen LogP contribution >= 0.6 is 0 Å². The molecule has 0 saturated carbocycles. The summed E-state index contributed by atoms with van der Waals surface area (Å²) in [6, 6.07) is 16.0. The molecule has 0 spiro atoms. The second-order valence-electron chi connectivity index (χ2n) is 6.61. The second-order valence-corrected chi connectivity index (χ2v) is 6.61. The maximum absolute atomic E-state index is 12.6. The molecular formula is C20H19N5O3. The van der Waals surface area contributed by atoms with Crippen LogP contribution < -0.4 is 5.56 Å². The lowest BCUT2D eigenvalue weighted by molar-refractivity contribution is -0.133. The smallest absolute Gasteiger partial charge is 0.278 e. The number of nitrogens with zero attached hydrogens (tertiary/aromatic N) is 5. The zero-order chi connectivity index (χ0) is 19.5. The first-order valence-electron chi connectivity index (χ1n) is 9.08. The number of benzene rings is 2. The fourth-order valence-corrected chi connectivity index (χ4v) is 3.28. The fourth-order valence-electron chi connectivity index (χ4n) is 3.28. The Hall–Kier alpha value is -3.55. The fraction of sp³-hybridized carbons (Fsp3) is 0.250. The zero-order valence-corrected chi connectivity index (χ0v) is 15.2. The summed E-state index contributed by atoms with van der Waals surface area (Å²) < 4.78 is 1.09. The molecule has 2 aromatic carbocycles. The first kappa shape index (κ1) is 17.8. The minimum absolute atomic E-state index is 0.0377. The molecule has 0 unspecified atom stereocenters. The van der Waals surface area contributed by atoms with E-state index >= 15 is 0 Å². The number of carbonyl (C=O) groups is 2. The molecule has 0 atom stereocenters. The number of hydrogen-bond donors (Lipinski definition) is 0. The first-order chi connectivity index (χ1) is 13.6. The predicted octanol–water partition coefficient (Wildman–Crippen LogP) is 0.776. The van der Waals surface area contributed by atoms with Gasteiger partial charge in [0.2, 0.25) is 5.91 Å². The Morgan fingerprint density at radius 2 is 1.50 bits per heavy atom. The lowest BCUT2D eigenvalue weighted by Crippen LogP contribution is -2.51. The third-order valence-electron chi connectivity index (χ3n) is 4.85. The first-order valence-corrected chi connectivity index (χ1v) is 9.08. The van der Waals surface area contributed by atoms with Crippen molar-refractivity contribution in [2.45, 2.75) is 6.54 Å². The molecule has 1 aromatic heterocycles. The number of aromatic nitrogens is 3. The van der Waals surface area contributed by atoms with Crippen molar-refractivity contribution >= 4 is 22.7 Å². The average Bonchev–Trinajstić information content (AvgIpc) is 2.76. The monoisotopic (exact) mass is 377 g/mol. The third-order valence-corrected chi connectivity index (χ3v) is 4.85. The lowest BCUT2D eigenvalue weighted by Gasteiger charge is -2.34. The topological polar surface area (TPSA) is 88.4 Å². The summed E-state index contributed by atoms with van der Waals surface area (Å²) >= 11 is 0. The van der Waals surface area contributed by atoms with Gasteiger partial charge in [0.15, 0.2) is 0 Å². The highest BCUT2D eigenvalue weighted by Crippen LogP contribution is 2.09. The highest BCUT2D eigenvalue weighted by molar-refractivity contribution is 5.94. The number of piperazine rings is 1. The molecule has 28 heavy (non-hydrogen) atoms. The number of carbonyl (C=O) groups excluding carboxylic acids is 2. The van der Waals surface area contributed by atoms with E-state index in [4.69, 9.17) is 0 Å². The van der Waals surface area contributed by atoms with E-state index < -0.39 is 0 Å². The maximum atomic E-state index is 12.6. The van der Waals surface area contributed by atoms with Crippen LogP contribution in [0.1, 0.15) is 10.4 Å². The molecule has 1 aliphatic rings. The number of amides is 2. The van der Waals surface area contributed by atoms with Gasteiger partial charge >= 0.3 is 0 Å². The van der Waals surface area contributed by atoms with Gasteiger partial charge in [-0.25, -0.2) is 4.68 Å². The normalized spacial score (nSPS) is 14.3. The van der Waals surface area contributed by atoms with Crippen LogP contribution in [0, 0.1) is 0 Å². The van der Waals surface area contributed by atoms with Crippen LogP contribution in [0.5, 0.6) is 0 Å². The number of fused-ring (bicyclic) bond motifs is 1. The summed E-state index contributed by atoms with van der Waals surface area (Å²) in [5.74, 6) is -0.247. The van der Waals surface area contributed by atoms with Crippen LogP contribution in [0.25, 0.3) is 10.9 Å². The molecule has 0 aliphatic carbocycles. The quantitative estimate of drug-likeness (QED) is 0.673. The van der Waals surface area contributed by atoms with Crippen molar-refractivity contribution in [2.24, 2.45) is 0 Å². The summed E-state index contributed by atoms with van der Waals surface area (Å²) in [4.78, 5) is 41.0. The van der Waals surface area contributed by atoms with E-state index in [1.54, 1.807) is 46.2 Å². The van der Waals surface area contributed by atoms with Gasteiger partial charge in [-0.15, -0.1) is 5.10 Å². The minimum Gasteiger partial charge on any atom is -0.338 e. The van der Waals surface area contributed by atoms with Gasteiger partial charge in [0.1, 0.15) is 12.1 Å². The highest BCUT2D eigenvalue weighted by Gasteiger charge is 2.25. The molecule has 3 aromatic rings. The van der Waals surface area contributed by atoms with Crippen molar-refractivity contribution < 1.29 is 9.59 Å². The molecule has 1 fully saturated rings. The largest absolute Gasteiger partial charge is 0.338 e. The number of rotatable bonds is 3.